The lowest BCUT2D eigenvalue weighted by atomic mass is 9.85. The van der Waals surface area contributed by atoms with Crippen molar-refractivity contribution in [2.45, 2.75) is 54.4 Å². The highest BCUT2D eigenvalue weighted by Gasteiger charge is 2.46. The molecule has 0 spiro atoms. The predicted molar refractivity (Wildman–Crippen MR) is 96.3 cm³/mol. The standard InChI is InChI=1S/C17H20N2.C2H6.CH4/c1-12-4-6-15(7-5-12)10-17(8-9-17)13(2)16(11-18)14(3)19;1-2;/h4-7H,2,8-10,19H2,1,3H3;1-2H3;1H4/b16-14+;;. The van der Waals surface area contributed by atoms with Crippen LogP contribution in [0.2, 0.25) is 0 Å². The molecule has 0 aliphatic heterocycles. The predicted octanol–water partition coefficient (Wildman–Crippen LogP) is 5.29. The summed E-state index contributed by atoms with van der Waals surface area (Å²) in [5.74, 6) is 0. The molecule has 1 aromatic carbocycles. The summed E-state index contributed by atoms with van der Waals surface area (Å²) in [5.41, 5.74) is 10.5. The maximum Gasteiger partial charge on any atom is 0.101 e. The van der Waals surface area contributed by atoms with Gasteiger partial charge in [-0.2, -0.15) is 5.26 Å². The summed E-state index contributed by atoms with van der Waals surface area (Å²) >= 11 is 0. The molecule has 1 aliphatic rings. The van der Waals surface area contributed by atoms with Crippen molar-refractivity contribution in [3.05, 3.63) is 58.8 Å². The van der Waals surface area contributed by atoms with E-state index in [1.165, 1.54) is 11.1 Å². The summed E-state index contributed by atoms with van der Waals surface area (Å²) in [6, 6.07) is 10.8. The minimum atomic E-state index is 0. The van der Waals surface area contributed by atoms with E-state index in [1.54, 1.807) is 6.92 Å². The summed E-state index contributed by atoms with van der Waals surface area (Å²) in [6.45, 7) is 12.0. The Labute approximate surface area is 136 Å². The van der Waals surface area contributed by atoms with Crippen LogP contribution in [0, 0.1) is 23.7 Å². The Hall–Kier alpha value is -2.01. The number of aryl methyl sites for hydroxylation is 1. The molecular weight excluding hydrogens is 268 g/mol. The minimum absolute atomic E-state index is 0. The summed E-state index contributed by atoms with van der Waals surface area (Å²) < 4.78 is 0. The van der Waals surface area contributed by atoms with Crippen LogP contribution in [0.25, 0.3) is 0 Å². The second-order valence-electron chi connectivity index (χ2n) is 5.59. The van der Waals surface area contributed by atoms with Gasteiger partial charge >= 0.3 is 0 Å². The van der Waals surface area contributed by atoms with Crippen molar-refractivity contribution in [3.63, 3.8) is 0 Å². The molecule has 1 aromatic rings. The second-order valence-corrected chi connectivity index (χ2v) is 5.59. The van der Waals surface area contributed by atoms with Crippen molar-refractivity contribution in [2.24, 2.45) is 11.1 Å². The van der Waals surface area contributed by atoms with Gasteiger partial charge in [0, 0.05) is 11.1 Å². The average Bonchev–Trinajstić information content (AvgIpc) is 3.25. The molecule has 2 nitrogen and oxygen atoms in total. The van der Waals surface area contributed by atoms with E-state index in [0.717, 1.165) is 24.8 Å². The maximum absolute atomic E-state index is 9.21. The van der Waals surface area contributed by atoms with E-state index in [1.807, 2.05) is 13.8 Å². The largest absolute Gasteiger partial charge is 0.401 e. The number of benzene rings is 1. The van der Waals surface area contributed by atoms with Gasteiger partial charge in [0.1, 0.15) is 6.07 Å². The maximum atomic E-state index is 9.21. The van der Waals surface area contributed by atoms with Gasteiger partial charge in [-0.05, 0) is 44.2 Å². The van der Waals surface area contributed by atoms with Gasteiger partial charge in [0.2, 0.25) is 0 Å². The first-order valence-corrected chi connectivity index (χ1v) is 7.60. The summed E-state index contributed by atoms with van der Waals surface area (Å²) in [5, 5.41) is 9.21. The number of rotatable bonds is 4. The fraction of sp³-hybridized carbons (Fsp3) is 0.450. The van der Waals surface area contributed by atoms with Crippen molar-refractivity contribution < 1.29 is 0 Å². The molecule has 0 radical (unpaired) electrons. The van der Waals surface area contributed by atoms with Crippen LogP contribution >= 0.6 is 0 Å². The van der Waals surface area contributed by atoms with E-state index in [0.29, 0.717) is 11.3 Å². The van der Waals surface area contributed by atoms with Crippen molar-refractivity contribution in [1.82, 2.24) is 0 Å². The first-order valence-electron chi connectivity index (χ1n) is 7.60. The molecule has 0 heterocycles. The van der Waals surface area contributed by atoms with Crippen LogP contribution in [0.3, 0.4) is 0 Å². The fourth-order valence-electron chi connectivity index (χ4n) is 2.49. The minimum Gasteiger partial charge on any atom is -0.401 e. The van der Waals surface area contributed by atoms with Crippen molar-refractivity contribution in [1.29, 1.82) is 5.26 Å². The zero-order chi connectivity index (χ0) is 16.0. The molecule has 0 atom stereocenters. The third-order valence-electron chi connectivity index (χ3n) is 3.96. The van der Waals surface area contributed by atoms with Crippen LogP contribution in [0.5, 0.6) is 0 Å². The van der Waals surface area contributed by atoms with Gasteiger partial charge in [0.25, 0.3) is 0 Å². The Bertz CT molecular complexity index is 563. The van der Waals surface area contributed by atoms with E-state index < -0.39 is 0 Å². The van der Waals surface area contributed by atoms with Crippen LogP contribution in [-0.4, -0.2) is 0 Å². The zero-order valence-electron chi connectivity index (χ0n) is 13.7. The highest BCUT2D eigenvalue weighted by atomic mass is 14.6. The van der Waals surface area contributed by atoms with Gasteiger partial charge in [-0.25, -0.2) is 0 Å². The van der Waals surface area contributed by atoms with E-state index in [2.05, 4.69) is 43.8 Å². The van der Waals surface area contributed by atoms with Gasteiger partial charge in [0.15, 0.2) is 0 Å². The molecule has 0 saturated heterocycles. The molecule has 1 fully saturated rings. The molecular formula is C20H30N2. The van der Waals surface area contributed by atoms with Crippen LogP contribution in [0.1, 0.15) is 52.2 Å². The molecule has 1 saturated carbocycles. The Morgan fingerprint density at radius 1 is 1.27 bits per heavy atom. The van der Waals surface area contributed by atoms with Crippen LogP contribution in [0.15, 0.2) is 47.7 Å². The molecule has 1 aliphatic carbocycles. The van der Waals surface area contributed by atoms with Gasteiger partial charge in [0.05, 0.1) is 5.57 Å². The number of hydrogen-bond acceptors (Lipinski definition) is 2. The van der Waals surface area contributed by atoms with E-state index in [9.17, 15) is 5.26 Å². The van der Waals surface area contributed by atoms with Gasteiger partial charge in [-0.15, -0.1) is 0 Å². The molecule has 2 heteroatoms. The molecule has 0 amide bonds. The lowest BCUT2D eigenvalue weighted by Crippen LogP contribution is -2.12. The van der Waals surface area contributed by atoms with Crippen molar-refractivity contribution in [2.75, 3.05) is 0 Å². The third-order valence-corrected chi connectivity index (χ3v) is 3.96. The molecule has 0 unspecified atom stereocenters. The molecule has 0 bridgehead atoms. The number of nitrogens with two attached hydrogens (primary N) is 1. The summed E-state index contributed by atoms with van der Waals surface area (Å²) in [7, 11) is 0. The Morgan fingerprint density at radius 2 is 1.77 bits per heavy atom. The normalized spacial score (nSPS) is 15.2. The van der Waals surface area contributed by atoms with Gasteiger partial charge in [-0.3, -0.25) is 0 Å². The monoisotopic (exact) mass is 298 g/mol. The van der Waals surface area contributed by atoms with E-state index in [4.69, 9.17) is 5.73 Å². The van der Waals surface area contributed by atoms with Crippen molar-refractivity contribution in [3.8, 4) is 6.07 Å². The first-order chi connectivity index (χ1) is 9.98. The van der Waals surface area contributed by atoms with E-state index >= 15 is 0 Å². The molecule has 2 N–H and O–H groups in total. The second kappa shape index (κ2) is 8.44. The fourth-order valence-corrected chi connectivity index (χ4v) is 2.49. The Kier molecular flexibility index (Phi) is 7.67. The lowest BCUT2D eigenvalue weighted by Gasteiger charge is -2.19. The summed E-state index contributed by atoms with van der Waals surface area (Å²) in [4.78, 5) is 0. The summed E-state index contributed by atoms with van der Waals surface area (Å²) in [6.07, 6.45) is 3.14. The first kappa shape index (κ1) is 20.0. The molecule has 120 valence electrons. The third kappa shape index (κ3) is 4.49. The Balaban J connectivity index is 0.00000141. The number of allylic oxidation sites excluding steroid dienone is 3. The van der Waals surface area contributed by atoms with Crippen LogP contribution < -0.4 is 5.73 Å². The highest BCUT2D eigenvalue weighted by Crippen LogP contribution is 2.55. The molecule has 2 rings (SSSR count). The molecule has 0 aromatic heterocycles. The number of nitrogens with zero attached hydrogens (tertiary/aromatic N) is 1. The molecule has 22 heavy (non-hydrogen) atoms. The SMILES string of the molecule is C.C=C(/C(C#N)=C(\C)N)C1(Cc2ccc(C)cc2)CC1.CC. The quantitative estimate of drug-likeness (QED) is 0.606. The smallest absolute Gasteiger partial charge is 0.101 e. The lowest BCUT2D eigenvalue weighted by molar-refractivity contribution is 0.615. The highest BCUT2D eigenvalue weighted by molar-refractivity contribution is 5.49. The Morgan fingerprint density at radius 3 is 2.14 bits per heavy atom. The topological polar surface area (TPSA) is 49.8 Å². The van der Waals surface area contributed by atoms with Gasteiger partial charge in [-0.1, -0.05) is 57.7 Å². The number of nitriles is 1. The van der Waals surface area contributed by atoms with Crippen LogP contribution in [-0.2, 0) is 6.42 Å². The van der Waals surface area contributed by atoms with Gasteiger partial charge < -0.3 is 5.73 Å². The average molecular weight is 298 g/mol. The number of hydrogen-bond donors (Lipinski definition) is 1. The van der Waals surface area contributed by atoms with Crippen molar-refractivity contribution >= 4 is 0 Å². The van der Waals surface area contributed by atoms with Crippen LogP contribution in [0.4, 0.5) is 0 Å². The van der Waals surface area contributed by atoms with E-state index in [-0.39, 0.29) is 12.8 Å². The zero-order valence-corrected chi connectivity index (χ0v) is 13.7.